The Balaban J connectivity index is 2.06. The number of hydrogen-bond acceptors (Lipinski definition) is 3. The van der Waals surface area contributed by atoms with E-state index in [-0.39, 0.29) is 0 Å². The maximum absolute atomic E-state index is 5.80. The summed E-state index contributed by atoms with van der Waals surface area (Å²) in [7, 11) is 1.66. The molecule has 0 spiro atoms. The van der Waals surface area contributed by atoms with Gasteiger partial charge in [-0.25, -0.2) is 0 Å². The molecule has 0 saturated carbocycles. The Hall–Kier alpha value is -0.880. The molecule has 0 saturated heterocycles. The highest BCUT2D eigenvalue weighted by molar-refractivity contribution is 7.80. The van der Waals surface area contributed by atoms with Crippen LogP contribution < -0.4 is 10.6 Å². The van der Waals surface area contributed by atoms with Crippen LogP contribution in [0.1, 0.15) is 6.42 Å². The Kier molecular flexibility index (Phi) is 8.49. The van der Waals surface area contributed by atoms with Gasteiger partial charge in [-0.1, -0.05) is 11.6 Å². The average molecular weight is 303 g/mol. The minimum atomic E-state index is 0.596. The smallest absolute Gasteiger partial charge is 0.170 e. The number of thiocarbonyl (C=S) groups is 1. The number of rotatable bonds is 8. The molecule has 0 aliphatic heterocycles. The molecule has 0 atom stereocenters. The van der Waals surface area contributed by atoms with Crippen LogP contribution in [0.15, 0.2) is 24.3 Å². The summed E-state index contributed by atoms with van der Waals surface area (Å²) in [6.07, 6.45) is 0.895. The molecule has 0 radical (unpaired) electrons. The molecular weight excluding hydrogens is 284 g/mol. The second kappa shape index (κ2) is 9.97. The van der Waals surface area contributed by atoms with E-state index in [4.69, 9.17) is 33.3 Å². The quantitative estimate of drug-likeness (QED) is 0.571. The largest absolute Gasteiger partial charge is 0.382 e. The molecule has 0 aliphatic rings. The molecule has 0 amide bonds. The number of nitrogens with one attached hydrogen (secondary N) is 2. The van der Waals surface area contributed by atoms with Crippen LogP contribution in [0, 0.1) is 0 Å². The summed E-state index contributed by atoms with van der Waals surface area (Å²) in [5.41, 5.74) is 0.915. The van der Waals surface area contributed by atoms with Gasteiger partial charge >= 0.3 is 0 Å². The van der Waals surface area contributed by atoms with E-state index in [1.807, 2.05) is 24.3 Å². The minimum Gasteiger partial charge on any atom is -0.382 e. The number of benzene rings is 1. The van der Waals surface area contributed by atoms with Gasteiger partial charge in [-0.3, -0.25) is 0 Å². The fourth-order valence-electron chi connectivity index (χ4n) is 1.33. The maximum atomic E-state index is 5.80. The monoisotopic (exact) mass is 302 g/mol. The van der Waals surface area contributed by atoms with Crippen LogP contribution in [0.25, 0.3) is 0 Å². The van der Waals surface area contributed by atoms with Crippen LogP contribution in [0.5, 0.6) is 0 Å². The third-order valence-electron chi connectivity index (χ3n) is 2.28. The van der Waals surface area contributed by atoms with Gasteiger partial charge in [-0.2, -0.15) is 0 Å². The number of ether oxygens (including phenoxy) is 2. The first-order valence-electron chi connectivity index (χ1n) is 6.09. The van der Waals surface area contributed by atoms with Crippen molar-refractivity contribution in [3.63, 3.8) is 0 Å². The fraction of sp³-hybridized carbons (Fsp3) is 0.462. The molecule has 0 heterocycles. The minimum absolute atomic E-state index is 0.596. The summed E-state index contributed by atoms with van der Waals surface area (Å²) in [5.74, 6) is 0. The number of methoxy groups -OCH3 is 1. The average Bonchev–Trinajstić information content (AvgIpc) is 2.40. The zero-order valence-electron chi connectivity index (χ0n) is 10.9. The topological polar surface area (TPSA) is 42.5 Å². The Morgan fingerprint density at radius 3 is 2.63 bits per heavy atom. The van der Waals surface area contributed by atoms with Gasteiger partial charge in [0.05, 0.1) is 13.2 Å². The lowest BCUT2D eigenvalue weighted by molar-refractivity contribution is 0.0699. The Morgan fingerprint density at radius 1 is 1.21 bits per heavy atom. The molecule has 1 rings (SSSR count). The summed E-state index contributed by atoms with van der Waals surface area (Å²) in [5, 5.41) is 7.50. The molecule has 106 valence electrons. The van der Waals surface area contributed by atoms with Gasteiger partial charge in [-0.05, 0) is 42.9 Å². The van der Waals surface area contributed by atoms with Crippen molar-refractivity contribution < 1.29 is 9.47 Å². The highest BCUT2D eigenvalue weighted by Gasteiger charge is 1.97. The highest BCUT2D eigenvalue weighted by atomic mass is 35.5. The maximum Gasteiger partial charge on any atom is 0.170 e. The van der Waals surface area contributed by atoms with Gasteiger partial charge in [0.2, 0.25) is 0 Å². The van der Waals surface area contributed by atoms with Gasteiger partial charge < -0.3 is 20.1 Å². The molecule has 0 fully saturated rings. The van der Waals surface area contributed by atoms with Crippen LogP contribution in [0.2, 0.25) is 5.02 Å². The second-order valence-electron chi connectivity index (χ2n) is 3.85. The summed E-state index contributed by atoms with van der Waals surface area (Å²) < 4.78 is 10.2. The second-order valence-corrected chi connectivity index (χ2v) is 4.69. The Bertz CT molecular complexity index is 373. The predicted molar refractivity (Wildman–Crippen MR) is 83.0 cm³/mol. The van der Waals surface area contributed by atoms with E-state index in [0.717, 1.165) is 18.7 Å². The van der Waals surface area contributed by atoms with Gasteiger partial charge in [0.15, 0.2) is 5.11 Å². The number of anilines is 1. The zero-order chi connectivity index (χ0) is 13.9. The van der Waals surface area contributed by atoms with Gasteiger partial charge in [0.25, 0.3) is 0 Å². The van der Waals surface area contributed by atoms with E-state index >= 15 is 0 Å². The molecule has 1 aromatic rings. The van der Waals surface area contributed by atoms with E-state index < -0.39 is 0 Å². The summed E-state index contributed by atoms with van der Waals surface area (Å²) >= 11 is 11.0. The van der Waals surface area contributed by atoms with Crippen LogP contribution in [0.4, 0.5) is 5.69 Å². The van der Waals surface area contributed by atoms with Crippen molar-refractivity contribution in [1.82, 2.24) is 5.32 Å². The normalized spacial score (nSPS) is 10.2. The lowest BCUT2D eigenvalue weighted by atomic mass is 10.3. The zero-order valence-corrected chi connectivity index (χ0v) is 12.5. The predicted octanol–water partition coefficient (Wildman–Crippen LogP) is 2.68. The first kappa shape index (κ1) is 16.2. The fourth-order valence-corrected chi connectivity index (χ4v) is 1.67. The van der Waals surface area contributed by atoms with E-state index in [2.05, 4.69) is 10.6 Å². The van der Waals surface area contributed by atoms with Crippen molar-refractivity contribution >= 4 is 34.6 Å². The van der Waals surface area contributed by atoms with Crippen molar-refractivity contribution in [2.24, 2.45) is 0 Å². The molecule has 2 N–H and O–H groups in total. The van der Waals surface area contributed by atoms with Crippen molar-refractivity contribution in [3.8, 4) is 0 Å². The number of halogens is 1. The molecular formula is C13H19ClN2O2S. The van der Waals surface area contributed by atoms with E-state index in [1.54, 1.807) is 7.11 Å². The molecule has 6 heteroatoms. The van der Waals surface area contributed by atoms with Crippen LogP contribution in [0.3, 0.4) is 0 Å². The van der Waals surface area contributed by atoms with Gasteiger partial charge in [0, 0.05) is 31.0 Å². The molecule has 0 aromatic heterocycles. The van der Waals surface area contributed by atoms with Gasteiger partial charge in [0.1, 0.15) is 0 Å². The van der Waals surface area contributed by atoms with E-state index in [9.17, 15) is 0 Å². The van der Waals surface area contributed by atoms with E-state index in [1.165, 1.54) is 0 Å². The van der Waals surface area contributed by atoms with E-state index in [0.29, 0.717) is 30.0 Å². The lowest BCUT2D eigenvalue weighted by Crippen LogP contribution is -2.29. The Labute approximate surface area is 124 Å². The SMILES string of the molecule is COCCOCCCNC(=S)Nc1ccc(Cl)cc1. The Morgan fingerprint density at radius 2 is 1.95 bits per heavy atom. The lowest BCUT2D eigenvalue weighted by Gasteiger charge is -2.10. The third kappa shape index (κ3) is 8.00. The standard InChI is InChI=1S/C13H19ClN2O2S/c1-17-9-10-18-8-2-7-15-13(19)16-12-5-3-11(14)4-6-12/h3-6H,2,7-10H2,1H3,(H2,15,16,19). The summed E-state index contributed by atoms with van der Waals surface area (Å²) in [4.78, 5) is 0. The summed E-state index contributed by atoms with van der Waals surface area (Å²) in [6.45, 7) is 2.72. The van der Waals surface area contributed by atoms with Crippen molar-refractivity contribution in [2.45, 2.75) is 6.42 Å². The molecule has 0 bridgehead atoms. The van der Waals surface area contributed by atoms with Crippen LogP contribution >= 0.6 is 23.8 Å². The van der Waals surface area contributed by atoms with Crippen molar-refractivity contribution in [3.05, 3.63) is 29.3 Å². The molecule has 1 aromatic carbocycles. The molecule has 0 aliphatic carbocycles. The first-order valence-corrected chi connectivity index (χ1v) is 6.88. The molecule has 19 heavy (non-hydrogen) atoms. The molecule has 4 nitrogen and oxygen atoms in total. The first-order chi connectivity index (χ1) is 9.22. The van der Waals surface area contributed by atoms with Crippen molar-refractivity contribution in [2.75, 3.05) is 38.8 Å². The molecule has 0 unspecified atom stereocenters. The highest BCUT2D eigenvalue weighted by Crippen LogP contribution is 2.12. The summed E-state index contributed by atoms with van der Waals surface area (Å²) in [6, 6.07) is 7.39. The third-order valence-corrected chi connectivity index (χ3v) is 2.78. The number of hydrogen-bond donors (Lipinski definition) is 2. The van der Waals surface area contributed by atoms with Crippen LogP contribution in [-0.2, 0) is 9.47 Å². The van der Waals surface area contributed by atoms with Crippen molar-refractivity contribution in [1.29, 1.82) is 0 Å². The van der Waals surface area contributed by atoms with Gasteiger partial charge in [-0.15, -0.1) is 0 Å². The van der Waals surface area contributed by atoms with Crippen LogP contribution in [-0.4, -0.2) is 38.6 Å².